The Hall–Kier alpha value is -3.66. The number of hydrogen-bond donors (Lipinski definition) is 0. The maximum absolute atomic E-state index is 13.0. The number of aromatic nitrogens is 1. The van der Waals surface area contributed by atoms with Crippen molar-refractivity contribution in [1.82, 2.24) is 4.57 Å². The quantitative estimate of drug-likeness (QED) is 0.343. The Bertz CT molecular complexity index is 1190. The van der Waals surface area contributed by atoms with Crippen molar-refractivity contribution in [3.05, 3.63) is 108 Å². The zero-order chi connectivity index (χ0) is 22.6. The first-order valence-corrected chi connectivity index (χ1v) is 10.9. The van der Waals surface area contributed by atoms with Gasteiger partial charge in [0.15, 0.2) is 0 Å². The highest BCUT2D eigenvalue weighted by atomic mass is 16.6. The molecule has 3 aromatic carbocycles. The van der Waals surface area contributed by atoms with Gasteiger partial charge in [0.05, 0.1) is 11.2 Å². The Morgan fingerprint density at radius 1 is 0.844 bits per heavy atom. The number of fused-ring (bicyclic) bond motifs is 1. The van der Waals surface area contributed by atoms with Crippen molar-refractivity contribution in [1.29, 1.82) is 0 Å². The number of carbonyl (C=O) groups excluding carboxylic acids is 1. The molecule has 4 heteroatoms. The predicted octanol–water partition coefficient (Wildman–Crippen LogP) is 6.50. The molecule has 0 aliphatic heterocycles. The molecule has 162 valence electrons. The highest BCUT2D eigenvalue weighted by Gasteiger charge is 2.22. The highest BCUT2D eigenvalue weighted by Crippen LogP contribution is 2.22. The first-order chi connectivity index (χ1) is 15.4. The zero-order valence-corrected chi connectivity index (χ0v) is 18.8. The fourth-order valence-corrected chi connectivity index (χ4v) is 3.74. The van der Waals surface area contributed by atoms with Gasteiger partial charge in [-0.05, 0) is 32.9 Å². The largest absolute Gasteiger partial charge is 0.443 e. The molecular weight excluding hydrogens is 396 g/mol. The minimum atomic E-state index is -0.564. The first kappa shape index (κ1) is 21.6. The number of benzene rings is 3. The number of para-hydroxylation sites is 1. The lowest BCUT2D eigenvalue weighted by Gasteiger charge is -2.21. The van der Waals surface area contributed by atoms with Gasteiger partial charge in [-0.1, -0.05) is 78.9 Å². The van der Waals surface area contributed by atoms with E-state index in [1.807, 2.05) is 81.4 Å². The fraction of sp³-hybridized carbons (Fsp3) is 0.214. The molecule has 0 saturated carbocycles. The van der Waals surface area contributed by atoms with Gasteiger partial charge in [-0.25, -0.2) is 9.36 Å². The number of rotatable bonds is 5. The molecule has 0 atom stereocenters. The molecule has 0 radical (unpaired) electrons. The summed E-state index contributed by atoms with van der Waals surface area (Å²) in [5, 5.41) is 1.02. The van der Waals surface area contributed by atoms with Crippen LogP contribution in [0, 0.1) is 0 Å². The van der Waals surface area contributed by atoms with Crippen molar-refractivity contribution >= 4 is 22.7 Å². The Kier molecular flexibility index (Phi) is 6.22. The molecule has 1 heterocycles. The van der Waals surface area contributed by atoms with E-state index in [2.05, 4.69) is 30.3 Å². The molecule has 1 aromatic heterocycles. The third-order valence-corrected chi connectivity index (χ3v) is 5.10. The molecule has 4 rings (SSSR count). The van der Waals surface area contributed by atoms with Crippen LogP contribution >= 0.6 is 0 Å². The first-order valence-electron chi connectivity index (χ1n) is 10.9. The molecule has 0 amide bonds. The molecule has 32 heavy (non-hydrogen) atoms. The van der Waals surface area contributed by atoms with E-state index in [1.165, 1.54) is 0 Å². The van der Waals surface area contributed by atoms with E-state index >= 15 is 0 Å². The van der Waals surface area contributed by atoms with Gasteiger partial charge in [-0.3, -0.25) is 4.99 Å². The monoisotopic (exact) mass is 424 g/mol. The number of aliphatic imine (C=N–C) groups is 1. The molecule has 0 unspecified atom stereocenters. The second-order valence-electron chi connectivity index (χ2n) is 8.72. The van der Waals surface area contributed by atoms with Crippen molar-refractivity contribution in [2.24, 2.45) is 4.99 Å². The van der Waals surface area contributed by atoms with Crippen molar-refractivity contribution in [3.63, 3.8) is 0 Å². The van der Waals surface area contributed by atoms with Gasteiger partial charge in [-0.15, -0.1) is 0 Å². The van der Waals surface area contributed by atoms with Crippen LogP contribution in [0.15, 0.2) is 96.0 Å². The summed E-state index contributed by atoms with van der Waals surface area (Å²) in [7, 11) is 0. The number of nitrogens with zero attached hydrogens (tertiary/aromatic N) is 2. The lowest BCUT2D eigenvalue weighted by atomic mass is 10.0. The van der Waals surface area contributed by atoms with E-state index < -0.39 is 5.60 Å². The number of hydrogen-bond acceptors (Lipinski definition) is 3. The fourth-order valence-electron chi connectivity index (χ4n) is 3.74. The molecule has 0 aliphatic rings. The lowest BCUT2D eigenvalue weighted by Crippen LogP contribution is -2.28. The van der Waals surface area contributed by atoms with Crippen LogP contribution in [-0.2, 0) is 11.2 Å². The van der Waals surface area contributed by atoms with Gasteiger partial charge in [0.1, 0.15) is 5.60 Å². The summed E-state index contributed by atoms with van der Waals surface area (Å²) in [4.78, 5) is 18.0. The molecule has 0 saturated heterocycles. The minimum Gasteiger partial charge on any atom is -0.443 e. The molecule has 0 aliphatic carbocycles. The third kappa shape index (κ3) is 4.97. The number of carbonyl (C=O) groups is 1. The minimum absolute atomic E-state index is 0.357. The average Bonchev–Trinajstić information content (AvgIpc) is 3.15. The maximum Gasteiger partial charge on any atom is 0.419 e. The third-order valence-electron chi connectivity index (χ3n) is 5.10. The van der Waals surface area contributed by atoms with Gasteiger partial charge in [0, 0.05) is 35.2 Å². The smallest absolute Gasteiger partial charge is 0.419 e. The molecule has 0 spiro atoms. The van der Waals surface area contributed by atoms with Gasteiger partial charge >= 0.3 is 6.09 Å². The van der Waals surface area contributed by atoms with Crippen LogP contribution in [0.5, 0.6) is 0 Å². The van der Waals surface area contributed by atoms with Gasteiger partial charge < -0.3 is 4.74 Å². The van der Waals surface area contributed by atoms with Crippen molar-refractivity contribution in [3.8, 4) is 0 Å². The van der Waals surface area contributed by atoms with E-state index in [4.69, 9.17) is 9.73 Å². The molecule has 0 N–H and O–H groups in total. The summed E-state index contributed by atoms with van der Waals surface area (Å²) < 4.78 is 7.37. The molecule has 4 nitrogen and oxygen atoms in total. The molecule has 4 aromatic rings. The van der Waals surface area contributed by atoms with Gasteiger partial charge in [0.2, 0.25) is 0 Å². The average molecular weight is 425 g/mol. The van der Waals surface area contributed by atoms with Crippen LogP contribution in [-0.4, -0.2) is 28.5 Å². The lowest BCUT2D eigenvalue weighted by molar-refractivity contribution is 0.0540. The normalized spacial score (nSPS) is 11.3. The highest BCUT2D eigenvalue weighted by molar-refractivity contribution is 6.12. The van der Waals surface area contributed by atoms with Crippen molar-refractivity contribution < 1.29 is 9.53 Å². The van der Waals surface area contributed by atoms with Crippen molar-refractivity contribution in [2.75, 3.05) is 6.54 Å². The summed E-state index contributed by atoms with van der Waals surface area (Å²) in [5.41, 5.74) is 4.28. The van der Waals surface area contributed by atoms with E-state index in [1.54, 1.807) is 4.57 Å². The van der Waals surface area contributed by atoms with Crippen LogP contribution < -0.4 is 0 Å². The maximum atomic E-state index is 13.0. The Labute approximate surface area is 189 Å². The van der Waals surface area contributed by atoms with Crippen LogP contribution in [0.4, 0.5) is 4.79 Å². The summed E-state index contributed by atoms with van der Waals surface area (Å²) in [5.74, 6) is 0. The van der Waals surface area contributed by atoms with E-state index in [0.29, 0.717) is 13.0 Å². The van der Waals surface area contributed by atoms with Gasteiger partial charge in [-0.2, -0.15) is 0 Å². The van der Waals surface area contributed by atoms with Gasteiger partial charge in [0.25, 0.3) is 0 Å². The second kappa shape index (κ2) is 9.23. The molecule has 0 bridgehead atoms. The van der Waals surface area contributed by atoms with E-state index in [-0.39, 0.29) is 6.09 Å². The number of ether oxygens (including phenoxy) is 1. The van der Waals surface area contributed by atoms with E-state index in [0.717, 1.165) is 33.4 Å². The van der Waals surface area contributed by atoms with Crippen LogP contribution in [0.1, 0.15) is 37.6 Å². The summed E-state index contributed by atoms with van der Waals surface area (Å²) in [6, 6.07) is 30.3. The molecule has 0 fully saturated rings. The van der Waals surface area contributed by atoms with Crippen LogP contribution in [0.25, 0.3) is 10.9 Å². The summed E-state index contributed by atoms with van der Waals surface area (Å²) in [6.45, 7) is 6.20. The topological polar surface area (TPSA) is 43.6 Å². The Balaban J connectivity index is 1.66. The van der Waals surface area contributed by atoms with Crippen molar-refractivity contribution in [2.45, 2.75) is 32.8 Å². The van der Waals surface area contributed by atoms with E-state index in [9.17, 15) is 4.79 Å². The van der Waals surface area contributed by atoms with Crippen LogP contribution in [0.3, 0.4) is 0 Å². The summed E-state index contributed by atoms with van der Waals surface area (Å²) in [6.07, 6.45) is 0.265. The summed E-state index contributed by atoms with van der Waals surface area (Å²) >= 11 is 0. The molecular formula is C28H28N2O2. The van der Waals surface area contributed by atoms with Crippen LogP contribution in [0.2, 0.25) is 0 Å². The SMILES string of the molecule is CC(C)(C)OC(=O)n1c(CCN=C(c2ccccc2)c2ccccc2)cc2ccccc21. The standard InChI is InChI=1S/C28H28N2O2/c1-28(2,3)32-27(31)30-24(20-23-16-10-11-17-25(23)30)18-19-29-26(21-12-6-4-7-13-21)22-14-8-5-9-15-22/h4-17,20H,18-19H2,1-3H3. The predicted molar refractivity (Wildman–Crippen MR) is 131 cm³/mol. The second-order valence-corrected chi connectivity index (χ2v) is 8.72. The zero-order valence-electron chi connectivity index (χ0n) is 18.8. The Morgan fingerprint density at radius 2 is 1.41 bits per heavy atom. The Morgan fingerprint density at radius 3 is 2.00 bits per heavy atom.